The molecule has 2 heterocycles. The van der Waals surface area contributed by atoms with Gasteiger partial charge in [0.25, 0.3) is 0 Å². The zero-order chi connectivity index (χ0) is 11.6. The molecule has 0 bridgehead atoms. The molecular weight excluding hydrogens is 218 g/mol. The van der Waals surface area contributed by atoms with Crippen molar-refractivity contribution in [2.45, 2.75) is 19.3 Å². The summed E-state index contributed by atoms with van der Waals surface area (Å²) in [5.41, 5.74) is 1.24. The smallest absolute Gasteiger partial charge is 0.0642 e. The van der Waals surface area contributed by atoms with Crippen LogP contribution in [0.25, 0.3) is 0 Å². The van der Waals surface area contributed by atoms with Gasteiger partial charge in [-0.3, -0.25) is 0 Å². The van der Waals surface area contributed by atoms with E-state index in [0.717, 1.165) is 26.3 Å². The highest BCUT2D eigenvalue weighted by Gasteiger charge is 2.29. The summed E-state index contributed by atoms with van der Waals surface area (Å²) in [6.45, 7) is 12.3. The molecule has 1 saturated heterocycles. The third-order valence-electron chi connectivity index (χ3n) is 3.25. The molecule has 1 aliphatic heterocycles. The predicted octanol–water partition coefficient (Wildman–Crippen LogP) is 2.87. The molecule has 0 N–H and O–H groups in total. The van der Waals surface area contributed by atoms with E-state index in [2.05, 4.69) is 42.8 Å². The molecule has 0 saturated carbocycles. The lowest BCUT2D eigenvalue weighted by Gasteiger charge is -2.38. The van der Waals surface area contributed by atoms with E-state index in [0.29, 0.717) is 0 Å². The molecule has 0 amide bonds. The van der Waals surface area contributed by atoms with Gasteiger partial charge < -0.3 is 9.64 Å². The average molecular weight is 237 g/mol. The molecule has 1 aromatic rings. The van der Waals surface area contributed by atoms with E-state index in [1.54, 1.807) is 11.3 Å². The van der Waals surface area contributed by atoms with E-state index in [1.165, 1.54) is 10.6 Å². The van der Waals surface area contributed by atoms with Crippen LogP contribution >= 0.6 is 11.3 Å². The van der Waals surface area contributed by atoms with Crippen molar-refractivity contribution in [3.8, 4) is 0 Å². The van der Waals surface area contributed by atoms with Crippen molar-refractivity contribution in [2.24, 2.45) is 0 Å². The number of allylic oxidation sites excluding steroid dienone is 1. The highest BCUT2D eigenvalue weighted by Crippen LogP contribution is 2.35. The molecule has 0 aliphatic carbocycles. The van der Waals surface area contributed by atoms with Crippen LogP contribution in [0.15, 0.2) is 29.8 Å². The standard InChI is InChI=1S/C13H19NOS/c1-11(14-6-8-15-9-7-14)13(2,3)12-5-4-10-16-12/h4-5,10H,1,6-9H2,2-3H3. The first-order valence-corrected chi connectivity index (χ1v) is 6.56. The van der Waals surface area contributed by atoms with Gasteiger partial charge in [0.2, 0.25) is 0 Å². The lowest BCUT2D eigenvalue weighted by Crippen LogP contribution is -2.40. The molecule has 0 spiro atoms. The molecule has 88 valence electrons. The third kappa shape index (κ3) is 2.15. The average Bonchev–Trinajstić information content (AvgIpc) is 2.83. The van der Waals surface area contributed by atoms with Crippen LogP contribution < -0.4 is 0 Å². The quantitative estimate of drug-likeness (QED) is 0.801. The molecule has 3 heteroatoms. The van der Waals surface area contributed by atoms with Gasteiger partial charge in [0.15, 0.2) is 0 Å². The van der Waals surface area contributed by atoms with Gasteiger partial charge in [-0.05, 0) is 25.3 Å². The summed E-state index contributed by atoms with van der Waals surface area (Å²) < 4.78 is 5.37. The monoisotopic (exact) mass is 237 g/mol. The predicted molar refractivity (Wildman–Crippen MR) is 68.9 cm³/mol. The largest absolute Gasteiger partial charge is 0.378 e. The van der Waals surface area contributed by atoms with E-state index in [-0.39, 0.29) is 5.41 Å². The first-order chi connectivity index (χ1) is 7.62. The number of nitrogens with zero attached hydrogens (tertiary/aromatic N) is 1. The molecule has 2 nitrogen and oxygen atoms in total. The number of hydrogen-bond donors (Lipinski definition) is 0. The Bertz CT molecular complexity index is 350. The second-order valence-electron chi connectivity index (χ2n) is 4.65. The lowest BCUT2D eigenvalue weighted by atomic mass is 9.87. The summed E-state index contributed by atoms with van der Waals surface area (Å²) in [7, 11) is 0. The molecular formula is C13H19NOS. The van der Waals surface area contributed by atoms with Crippen LogP contribution in [-0.2, 0) is 10.2 Å². The highest BCUT2D eigenvalue weighted by molar-refractivity contribution is 7.10. The Morgan fingerprint density at radius 1 is 1.44 bits per heavy atom. The first-order valence-electron chi connectivity index (χ1n) is 5.68. The maximum atomic E-state index is 5.37. The van der Waals surface area contributed by atoms with Gasteiger partial charge in [0, 0.05) is 29.1 Å². The van der Waals surface area contributed by atoms with Gasteiger partial charge in [-0.2, -0.15) is 0 Å². The molecule has 0 radical (unpaired) electrons. The number of ether oxygens (including phenoxy) is 1. The van der Waals surface area contributed by atoms with E-state index >= 15 is 0 Å². The maximum Gasteiger partial charge on any atom is 0.0642 e. The second-order valence-corrected chi connectivity index (χ2v) is 5.60. The van der Waals surface area contributed by atoms with Crippen LogP contribution in [0.3, 0.4) is 0 Å². The molecule has 16 heavy (non-hydrogen) atoms. The van der Waals surface area contributed by atoms with E-state index in [9.17, 15) is 0 Å². The molecule has 1 aromatic heterocycles. The fraction of sp³-hybridized carbons (Fsp3) is 0.538. The minimum absolute atomic E-state index is 0.0332. The van der Waals surface area contributed by atoms with Crippen LogP contribution in [0, 0.1) is 0 Å². The lowest BCUT2D eigenvalue weighted by molar-refractivity contribution is 0.0483. The Morgan fingerprint density at radius 3 is 2.69 bits per heavy atom. The zero-order valence-electron chi connectivity index (χ0n) is 10.0. The third-order valence-corrected chi connectivity index (χ3v) is 4.44. The fourth-order valence-corrected chi connectivity index (χ4v) is 2.88. The summed E-state index contributed by atoms with van der Waals surface area (Å²) in [5, 5.41) is 2.13. The number of rotatable bonds is 3. The highest BCUT2D eigenvalue weighted by atomic mass is 32.1. The minimum Gasteiger partial charge on any atom is -0.378 e. The van der Waals surface area contributed by atoms with Crippen molar-refractivity contribution in [3.63, 3.8) is 0 Å². The Morgan fingerprint density at radius 2 is 2.12 bits per heavy atom. The number of hydrogen-bond acceptors (Lipinski definition) is 3. The molecule has 1 aliphatic rings. The van der Waals surface area contributed by atoms with Crippen LogP contribution in [-0.4, -0.2) is 31.2 Å². The van der Waals surface area contributed by atoms with Gasteiger partial charge in [0.05, 0.1) is 13.2 Å². The van der Waals surface area contributed by atoms with Crippen molar-refractivity contribution in [2.75, 3.05) is 26.3 Å². The Hall–Kier alpha value is -0.800. The minimum atomic E-state index is 0.0332. The van der Waals surface area contributed by atoms with Crippen LogP contribution in [0.2, 0.25) is 0 Å². The Kier molecular flexibility index (Phi) is 3.36. The van der Waals surface area contributed by atoms with Crippen molar-refractivity contribution in [1.82, 2.24) is 4.90 Å². The summed E-state index contributed by atoms with van der Waals surface area (Å²) in [6.07, 6.45) is 0. The van der Waals surface area contributed by atoms with Gasteiger partial charge in [0.1, 0.15) is 0 Å². The summed E-state index contributed by atoms with van der Waals surface area (Å²) in [4.78, 5) is 3.73. The van der Waals surface area contributed by atoms with Crippen molar-refractivity contribution >= 4 is 11.3 Å². The molecule has 2 rings (SSSR count). The van der Waals surface area contributed by atoms with Gasteiger partial charge in [-0.15, -0.1) is 11.3 Å². The maximum absolute atomic E-state index is 5.37. The topological polar surface area (TPSA) is 12.5 Å². The van der Waals surface area contributed by atoms with Gasteiger partial charge >= 0.3 is 0 Å². The molecule has 0 atom stereocenters. The summed E-state index contributed by atoms with van der Waals surface area (Å²) in [5.74, 6) is 0. The van der Waals surface area contributed by atoms with Gasteiger partial charge in [-0.25, -0.2) is 0 Å². The Labute approximate surface area is 102 Å². The van der Waals surface area contributed by atoms with E-state index < -0.39 is 0 Å². The second kappa shape index (κ2) is 4.60. The van der Waals surface area contributed by atoms with Gasteiger partial charge in [-0.1, -0.05) is 12.6 Å². The summed E-state index contributed by atoms with van der Waals surface area (Å²) in [6, 6.07) is 4.30. The molecule has 1 fully saturated rings. The molecule has 0 unspecified atom stereocenters. The Balaban J connectivity index is 2.13. The van der Waals surface area contributed by atoms with Crippen LogP contribution in [0.4, 0.5) is 0 Å². The SMILES string of the molecule is C=C(N1CCOCC1)C(C)(C)c1cccs1. The number of morpholine rings is 1. The number of thiophene rings is 1. The normalized spacial score (nSPS) is 17.5. The fourth-order valence-electron chi connectivity index (χ4n) is 2.00. The zero-order valence-corrected chi connectivity index (χ0v) is 10.8. The van der Waals surface area contributed by atoms with Crippen molar-refractivity contribution in [1.29, 1.82) is 0 Å². The van der Waals surface area contributed by atoms with Crippen LogP contribution in [0.1, 0.15) is 18.7 Å². The van der Waals surface area contributed by atoms with Crippen LogP contribution in [0.5, 0.6) is 0 Å². The van der Waals surface area contributed by atoms with Crippen molar-refractivity contribution in [3.05, 3.63) is 34.7 Å². The van der Waals surface area contributed by atoms with E-state index in [1.807, 2.05) is 0 Å². The molecule has 0 aromatic carbocycles. The first kappa shape index (κ1) is 11.7. The van der Waals surface area contributed by atoms with E-state index in [4.69, 9.17) is 4.74 Å². The summed E-state index contributed by atoms with van der Waals surface area (Å²) >= 11 is 1.80. The van der Waals surface area contributed by atoms with Crippen molar-refractivity contribution < 1.29 is 4.74 Å².